The third-order valence-corrected chi connectivity index (χ3v) is 14.1. The summed E-state index contributed by atoms with van der Waals surface area (Å²) in [6, 6.07) is 11.8. The molecule has 7 rings (SSSR count). The molecule has 4 heterocycles. The van der Waals surface area contributed by atoms with Gasteiger partial charge in [0, 0.05) is 28.1 Å². The normalized spacial score (nSPS) is 20.7. The first kappa shape index (κ1) is 38.8. The minimum Gasteiger partial charge on any atom is -0.497 e. The molecule has 4 aromatic rings. The summed E-state index contributed by atoms with van der Waals surface area (Å²) in [4.78, 5) is 30.3. The van der Waals surface area contributed by atoms with Crippen LogP contribution in [0.15, 0.2) is 42.6 Å². The zero-order valence-electron chi connectivity index (χ0n) is 33.7. The predicted octanol–water partition coefficient (Wildman–Crippen LogP) is 7.48. The monoisotopic (exact) mass is 769 g/mol. The lowest BCUT2D eigenvalue weighted by Crippen LogP contribution is -2.62. The van der Waals surface area contributed by atoms with Crippen LogP contribution in [0, 0.1) is 0 Å². The van der Waals surface area contributed by atoms with Gasteiger partial charge in [-0.1, -0.05) is 25.3 Å². The van der Waals surface area contributed by atoms with Crippen LogP contribution in [0.1, 0.15) is 123 Å². The number of nitrogens with zero attached hydrogens (tertiary/aromatic N) is 5. The molecule has 1 saturated carbocycles. The topological polar surface area (TPSA) is 116 Å². The van der Waals surface area contributed by atoms with Crippen molar-refractivity contribution in [3.63, 3.8) is 0 Å². The molecular formula is C43H57N6O5S+. The first-order valence-electron chi connectivity index (χ1n) is 20.0. The van der Waals surface area contributed by atoms with E-state index in [1.54, 1.807) is 33.2 Å². The largest absolute Gasteiger partial charge is 0.497 e. The zero-order valence-corrected chi connectivity index (χ0v) is 34.5. The van der Waals surface area contributed by atoms with Crippen LogP contribution in [0.3, 0.4) is 0 Å². The number of amides is 2. The Kier molecular flexibility index (Phi) is 10.5. The summed E-state index contributed by atoms with van der Waals surface area (Å²) in [7, 11) is 0.0979. The first-order valence-corrected chi connectivity index (χ1v) is 21.5. The van der Waals surface area contributed by atoms with Gasteiger partial charge in [-0.2, -0.15) is 5.10 Å². The van der Waals surface area contributed by atoms with E-state index < -0.39 is 21.2 Å². The molecule has 294 valence electrons. The standard InChI is InChI=1S/C43H56N6O5S/c1-9-49(7)20-19-46(29(6)26-49)43(51)37-24-44-48(27(2)3)40(37)33-21-32-22-34(54-8)16-18-35(32)41-39(30-13-11-10-12-14-30)36-17-15-31(23-38(36)47(41)25-33)42(50)45-55(52,53)28(4)5/h15-18,21-24,27-30H,9-14,19-20,25-26H2,1-8H3/p+1. The molecule has 0 bridgehead atoms. The van der Waals surface area contributed by atoms with Crippen molar-refractivity contribution >= 4 is 44.4 Å². The molecule has 2 aliphatic heterocycles. The number of piperazine rings is 1. The maximum absolute atomic E-state index is 14.7. The van der Waals surface area contributed by atoms with Gasteiger partial charge in [-0.3, -0.25) is 14.3 Å². The molecule has 2 unspecified atom stereocenters. The number of allylic oxidation sites excluding steroid dienone is 1. The average molecular weight is 770 g/mol. The van der Waals surface area contributed by atoms with Crippen LogP contribution in [0.5, 0.6) is 5.75 Å². The Balaban J connectivity index is 1.45. The van der Waals surface area contributed by atoms with Crippen molar-refractivity contribution in [1.29, 1.82) is 0 Å². The Morgan fingerprint density at radius 3 is 2.44 bits per heavy atom. The molecule has 2 aromatic heterocycles. The number of methoxy groups -OCH3 is 1. The number of carbonyl (C=O) groups excluding carboxylic acids is 2. The van der Waals surface area contributed by atoms with Crippen molar-refractivity contribution in [2.24, 2.45) is 0 Å². The van der Waals surface area contributed by atoms with Crippen molar-refractivity contribution in [2.45, 2.75) is 103 Å². The minimum absolute atomic E-state index is 0.0152. The summed E-state index contributed by atoms with van der Waals surface area (Å²) in [5.74, 6) is 0.380. The highest BCUT2D eigenvalue weighted by Crippen LogP contribution is 2.48. The highest BCUT2D eigenvalue weighted by molar-refractivity contribution is 7.90. The molecule has 55 heavy (non-hydrogen) atoms. The maximum atomic E-state index is 14.7. The number of quaternary nitrogens is 1. The van der Waals surface area contributed by atoms with Gasteiger partial charge >= 0.3 is 0 Å². The van der Waals surface area contributed by atoms with Crippen molar-refractivity contribution in [1.82, 2.24) is 24.0 Å². The van der Waals surface area contributed by atoms with Crippen molar-refractivity contribution in [2.75, 3.05) is 40.3 Å². The van der Waals surface area contributed by atoms with E-state index in [0.29, 0.717) is 24.6 Å². The number of sulfonamides is 1. The SMILES string of the molecule is CC[N+]1(C)CCN(C(=O)c2cnn(C(C)C)c2C2=Cc3cc(OC)ccc3-c3c(C4CCCCC4)c4ccc(C(=O)NS(=O)(=O)C(C)C)cc4n3C2)C(C)C1. The van der Waals surface area contributed by atoms with Gasteiger partial charge in [-0.05, 0) is 113 Å². The minimum atomic E-state index is -3.84. The summed E-state index contributed by atoms with van der Waals surface area (Å²) in [5.41, 5.74) is 7.78. The maximum Gasteiger partial charge on any atom is 0.264 e. The molecule has 12 heteroatoms. The van der Waals surface area contributed by atoms with Crippen LogP contribution in [0.2, 0.25) is 0 Å². The van der Waals surface area contributed by atoms with E-state index in [4.69, 9.17) is 9.84 Å². The van der Waals surface area contributed by atoms with Crippen LogP contribution < -0.4 is 9.46 Å². The molecule has 2 atom stereocenters. The molecule has 1 N–H and O–H groups in total. The Labute approximate surface area is 326 Å². The molecule has 1 saturated heterocycles. The van der Waals surface area contributed by atoms with E-state index >= 15 is 0 Å². The van der Waals surface area contributed by atoms with Gasteiger partial charge in [0.1, 0.15) is 5.75 Å². The van der Waals surface area contributed by atoms with Gasteiger partial charge in [-0.15, -0.1) is 0 Å². The van der Waals surface area contributed by atoms with Crippen LogP contribution in [-0.2, 0) is 16.6 Å². The van der Waals surface area contributed by atoms with Gasteiger partial charge in [0.05, 0.1) is 81.3 Å². The smallest absolute Gasteiger partial charge is 0.264 e. The number of hydrogen-bond acceptors (Lipinski definition) is 6. The average Bonchev–Trinajstić information content (AvgIpc) is 3.69. The number of aromatic nitrogens is 3. The fourth-order valence-corrected chi connectivity index (χ4v) is 9.62. The van der Waals surface area contributed by atoms with Crippen molar-refractivity contribution in [3.05, 3.63) is 70.5 Å². The molecule has 2 amide bonds. The second kappa shape index (κ2) is 14.9. The summed E-state index contributed by atoms with van der Waals surface area (Å²) in [5, 5.41) is 5.16. The van der Waals surface area contributed by atoms with E-state index in [2.05, 4.69) is 62.2 Å². The fourth-order valence-electron chi connectivity index (χ4n) is 9.00. The van der Waals surface area contributed by atoms with Crippen LogP contribution in [0.25, 0.3) is 33.8 Å². The van der Waals surface area contributed by atoms with Crippen molar-refractivity contribution in [3.8, 4) is 17.0 Å². The van der Waals surface area contributed by atoms with Crippen molar-refractivity contribution < 1.29 is 27.2 Å². The van der Waals surface area contributed by atoms with E-state index in [1.165, 1.54) is 12.0 Å². The zero-order chi connectivity index (χ0) is 39.4. The predicted molar refractivity (Wildman–Crippen MR) is 219 cm³/mol. The molecular weight excluding hydrogens is 713 g/mol. The van der Waals surface area contributed by atoms with Crippen LogP contribution in [0.4, 0.5) is 0 Å². The number of nitrogens with one attached hydrogen (secondary N) is 1. The molecule has 3 aliphatic rings. The number of ether oxygens (including phenoxy) is 1. The Bertz CT molecular complexity index is 2280. The van der Waals surface area contributed by atoms with Gasteiger partial charge < -0.3 is 18.7 Å². The number of carbonyl (C=O) groups is 2. The van der Waals surface area contributed by atoms with Gasteiger partial charge in [0.2, 0.25) is 10.0 Å². The van der Waals surface area contributed by atoms with Gasteiger partial charge in [-0.25, -0.2) is 13.1 Å². The number of rotatable bonds is 9. The van der Waals surface area contributed by atoms with Gasteiger partial charge in [0.15, 0.2) is 0 Å². The lowest BCUT2D eigenvalue weighted by Gasteiger charge is -2.45. The number of benzene rings is 2. The van der Waals surface area contributed by atoms with Gasteiger partial charge in [0.25, 0.3) is 11.8 Å². The van der Waals surface area contributed by atoms with E-state index in [9.17, 15) is 18.0 Å². The third-order valence-electron chi connectivity index (χ3n) is 12.4. The highest BCUT2D eigenvalue weighted by atomic mass is 32.2. The lowest BCUT2D eigenvalue weighted by molar-refractivity contribution is -0.914. The molecule has 2 aromatic carbocycles. The molecule has 11 nitrogen and oxygen atoms in total. The summed E-state index contributed by atoms with van der Waals surface area (Å²) in [6.07, 6.45) is 9.56. The second-order valence-electron chi connectivity index (χ2n) is 16.7. The lowest BCUT2D eigenvalue weighted by atomic mass is 9.81. The molecule has 1 aliphatic carbocycles. The number of fused-ring (bicyclic) bond motifs is 5. The van der Waals surface area contributed by atoms with E-state index in [0.717, 1.165) is 94.5 Å². The number of hydrogen-bond donors (Lipinski definition) is 1. The third kappa shape index (κ3) is 7.12. The number of likely N-dealkylation sites (N-methyl/N-ethyl adjacent to an activating group) is 1. The molecule has 0 spiro atoms. The fraction of sp³-hybridized carbons (Fsp3) is 0.512. The summed E-state index contributed by atoms with van der Waals surface area (Å²) < 4.78 is 38.8. The summed E-state index contributed by atoms with van der Waals surface area (Å²) >= 11 is 0. The van der Waals surface area contributed by atoms with Crippen LogP contribution >= 0.6 is 0 Å². The second-order valence-corrected chi connectivity index (χ2v) is 18.9. The molecule has 2 fully saturated rings. The Morgan fingerprint density at radius 2 is 1.78 bits per heavy atom. The Hall–Kier alpha value is -4.42. The highest BCUT2D eigenvalue weighted by Gasteiger charge is 2.38. The molecule has 0 radical (unpaired) electrons. The van der Waals surface area contributed by atoms with E-state index in [1.807, 2.05) is 27.8 Å². The summed E-state index contributed by atoms with van der Waals surface area (Å²) in [6.45, 7) is 15.5. The quantitative estimate of drug-likeness (QED) is 0.177. The van der Waals surface area contributed by atoms with Crippen LogP contribution in [-0.4, -0.2) is 95.6 Å². The van der Waals surface area contributed by atoms with E-state index in [-0.39, 0.29) is 23.6 Å². The Morgan fingerprint density at radius 1 is 1.04 bits per heavy atom. The first-order chi connectivity index (χ1) is 26.2.